The number of aromatic nitrogens is 1. The zero-order valence-corrected chi connectivity index (χ0v) is 14.3. The molecule has 2 aromatic carbocycles. The molecule has 1 heterocycles. The molecule has 0 amide bonds. The fraction of sp³-hybridized carbons (Fsp3) is 0.0625. The summed E-state index contributed by atoms with van der Waals surface area (Å²) in [6, 6.07) is 14.2. The van der Waals surface area contributed by atoms with Crippen LogP contribution in [0.2, 0.25) is 0 Å². The summed E-state index contributed by atoms with van der Waals surface area (Å²) in [6.45, 7) is 0.704. The molecule has 0 atom stereocenters. The van der Waals surface area contributed by atoms with E-state index in [0.29, 0.717) is 12.2 Å². The molecule has 5 heteroatoms. The highest BCUT2D eigenvalue weighted by molar-refractivity contribution is 9.10. The maximum atomic E-state index is 6.08. The van der Waals surface area contributed by atoms with E-state index < -0.39 is 0 Å². The summed E-state index contributed by atoms with van der Waals surface area (Å²) in [5.74, 6) is 0. The topological polar surface area (TPSA) is 50.9 Å². The molecule has 1 aromatic heterocycles. The Balaban J connectivity index is 1.96. The monoisotopic (exact) mass is 405 g/mol. The fourth-order valence-corrected chi connectivity index (χ4v) is 3.02. The molecule has 3 aromatic rings. The van der Waals surface area contributed by atoms with Gasteiger partial charge in [-0.3, -0.25) is 4.98 Å². The van der Waals surface area contributed by atoms with Crippen molar-refractivity contribution in [1.29, 1.82) is 0 Å². The van der Waals surface area contributed by atoms with Gasteiger partial charge in [-0.1, -0.05) is 44.0 Å². The first kappa shape index (κ1) is 14.4. The third kappa shape index (κ3) is 3.19. The minimum absolute atomic E-state index is 0.649. The van der Waals surface area contributed by atoms with Crippen LogP contribution in [0.3, 0.4) is 0 Å². The predicted octanol–water partition coefficient (Wildman–Crippen LogP) is 4.95. The molecule has 0 spiro atoms. The third-order valence-corrected chi connectivity index (χ3v) is 4.20. The van der Waals surface area contributed by atoms with Crippen LogP contribution in [0.1, 0.15) is 5.56 Å². The van der Waals surface area contributed by atoms with Gasteiger partial charge in [0.25, 0.3) is 0 Å². The molecule has 0 radical (unpaired) electrons. The fourth-order valence-electron chi connectivity index (χ4n) is 2.21. The summed E-state index contributed by atoms with van der Waals surface area (Å²) in [5, 5.41) is 4.43. The minimum Gasteiger partial charge on any atom is -0.396 e. The van der Waals surface area contributed by atoms with Crippen LogP contribution in [0.25, 0.3) is 10.9 Å². The predicted molar refractivity (Wildman–Crippen MR) is 95.3 cm³/mol. The van der Waals surface area contributed by atoms with Crippen LogP contribution in [-0.2, 0) is 6.54 Å². The molecule has 3 rings (SSSR count). The van der Waals surface area contributed by atoms with E-state index in [2.05, 4.69) is 54.3 Å². The van der Waals surface area contributed by atoms with Gasteiger partial charge in [-0.2, -0.15) is 0 Å². The van der Waals surface area contributed by atoms with Gasteiger partial charge < -0.3 is 11.1 Å². The van der Waals surface area contributed by atoms with E-state index in [9.17, 15) is 0 Å². The first-order valence-corrected chi connectivity index (χ1v) is 8.04. The largest absolute Gasteiger partial charge is 0.396 e. The van der Waals surface area contributed by atoms with Gasteiger partial charge in [0.05, 0.1) is 23.1 Å². The molecule has 0 saturated heterocycles. The molecule has 0 aliphatic carbocycles. The standard InChI is InChI=1S/C16H13Br2N3/c17-11-3-1-2-10(6-11)8-21-16-13-7-12(18)4-5-15(13)20-9-14(16)19/h1-7,9H,8,19H2,(H,20,21). The number of nitrogens with two attached hydrogens (primary N) is 1. The number of nitrogens with one attached hydrogen (secondary N) is 1. The Morgan fingerprint density at radius 3 is 2.67 bits per heavy atom. The highest BCUT2D eigenvalue weighted by Gasteiger charge is 2.07. The van der Waals surface area contributed by atoms with Gasteiger partial charge in [0.15, 0.2) is 0 Å². The van der Waals surface area contributed by atoms with Crippen LogP contribution in [0, 0.1) is 0 Å². The van der Waals surface area contributed by atoms with Crippen molar-refractivity contribution in [3.8, 4) is 0 Å². The maximum Gasteiger partial charge on any atom is 0.0743 e. The summed E-state index contributed by atoms with van der Waals surface area (Å²) >= 11 is 6.98. The van der Waals surface area contributed by atoms with E-state index in [0.717, 1.165) is 25.5 Å². The number of pyridine rings is 1. The second-order valence-corrected chi connectivity index (χ2v) is 6.56. The number of halogens is 2. The van der Waals surface area contributed by atoms with Crippen molar-refractivity contribution in [1.82, 2.24) is 4.98 Å². The second kappa shape index (κ2) is 6.03. The molecule has 0 aliphatic rings. The van der Waals surface area contributed by atoms with E-state index in [4.69, 9.17) is 5.73 Å². The number of hydrogen-bond donors (Lipinski definition) is 2. The van der Waals surface area contributed by atoms with Gasteiger partial charge in [-0.25, -0.2) is 0 Å². The second-order valence-electron chi connectivity index (χ2n) is 4.73. The van der Waals surface area contributed by atoms with Crippen LogP contribution in [0.5, 0.6) is 0 Å². The van der Waals surface area contributed by atoms with Crippen LogP contribution in [0.15, 0.2) is 57.6 Å². The van der Waals surface area contributed by atoms with Crippen molar-refractivity contribution in [3.05, 3.63) is 63.2 Å². The van der Waals surface area contributed by atoms with Gasteiger partial charge in [0.1, 0.15) is 0 Å². The molecule has 21 heavy (non-hydrogen) atoms. The smallest absolute Gasteiger partial charge is 0.0743 e. The van der Waals surface area contributed by atoms with Crippen LogP contribution < -0.4 is 11.1 Å². The molecule has 3 N–H and O–H groups in total. The summed E-state index contributed by atoms with van der Waals surface area (Å²) < 4.78 is 2.07. The van der Waals surface area contributed by atoms with E-state index in [-0.39, 0.29) is 0 Å². The number of rotatable bonds is 3. The molecule has 3 nitrogen and oxygen atoms in total. The number of anilines is 2. The van der Waals surface area contributed by atoms with Crippen molar-refractivity contribution >= 4 is 54.1 Å². The quantitative estimate of drug-likeness (QED) is 0.646. The van der Waals surface area contributed by atoms with E-state index in [1.165, 1.54) is 5.56 Å². The average Bonchev–Trinajstić information content (AvgIpc) is 2.46. The third-order valence-electron chi connectivity index (χ3n) is 3.22. The summed E-state index contributed by atoms with van der Waals surface area (Å²) in [4.78, 5) is 4.36. The van der Waals surface area contributed by atoms with Gasteiger partial charge in [-0.05, 0) is 35.9 Å². The van der Waals surface area contributed by atoms with Crippen molar-refractivity contribution in [2.24, 2.45) is 0 Å². The highest BCUT2D eigenvalue weighted by Crippen LogP contribution is 2.30. The zero-order chi connectivity index (χ0) is 14.8. The van der Waals surface area contributed by atoms with Crippen molar-refractivity contribution in [2.45, 2.75) is 6.54 Å². The van der Waals surface area contributed by atoms with E-state index in [1.807, 2.05) is 30.3 Å². The Morgan fingerprint density at radius 2 is 1.86 bits per heavy atom. The number of nitrogen functional groups attached to an aromatic ring is 1. The summed E-state index contributed by atoms with van der Waals surface area (Å²) in [7, 11) is 0. The SMILES string of the molecule is Nc1cnc2ccc(Br)cc2c1NCc1cccc(Br)c1. The lowest BCUT2D eigenvalue weighted by Gasteiger charge is -2.13. The van der Waals surface area contributed by atoms with Gasteiger partial charge >= 0.3 is 0 Å². The molecule has 0 aliphatic heterocycles. The first-order valence-electron chi connectivity index (χ1n) is 6.45. The Morgan fingerprint density at radius 1 is 1.05 bits per heavy atom. The molecular weight excluding hydrogens is 394 g/mol. The number of fused-ring (bicyclic) bond motifs is 1. The lowest BCUT2D eigenvalue weighted by Crippen LogP contribution is -2.04. The van der Waals surface area contributed by atoms with Gasteiger partial charge in [-0.15, -0.1) is 0 Å². The summed E-state index contributed by atoms with van der Waals surface area (Å²) in [6.07, 6.45) is 1.69. The summed E-state index contributed by atoms with van der Waals surface area (Å²) in [5.41, 5.74) is 9.75. The molecule has 0 fully saturated rings. The van der Waals surface area contributed by atoms with Crippen LogP contribution >= 0.6 is 31.9 Å². The van der Waals surface area contributed by atoms with Crippen LogP contribution in [-0.4, -0.2) is 4.98 Å². The highest BCUT2D eigenvalue weighted by atomic mass is 79.9. The van der Waals surface area contributed by atoms with E-state index >= 15 is 0 Å². The molecular formula is C16H13Br2N3. The minimum atomic E-state index is 0.649. The molecule has 0 saturated carbocycles. The van der Waals surface area contributed by atoms with Crippen molar-refractivity contribution in [2.75, 3.05) is 11.1 Å². The van der Waals surface area contributed by atoms with Crippen molar-refractivity contribution < 1.29 is 0 Å². The Kier molecular flexibility index (Phi) is 4.12. The van der Waals surface area contributed by atoms with Crippen LogP contribution in [0.4, 0.5) is 11.4 Å². The number of nitrogens with zero attached hydrogens (tertiary/aromatic N) is 1. The Labute approximate surface area is 139 Å². The molecule has 0 unspecified atom stereocenters. The average molecular weight is 407 g/mol. The Bertz CT molecular complexity index is 797. The number of benzene rings is 2. The molecule has 0 bridgehead atoms. The first-order chi connectivity index (χ1) is 10.1. The lowest BCUT2D eigenvalue weighted by molar-refractivity contribution is 1.15. The normalized spacial score (nSPS) is 10.8. The molecule has 106 valence electrons. The number of hydrogen-bond acceptors (Lipinski definition) is 3. The van der Waals surface area contributed by atoms with Gasteiger partial charge in [0, 0.05) is 20.9 Å². The zero-order valence-electron chi connectivity index (χ0n) is 11.1. The Hall–Kier alpha value is -1.59. The van der Waals surface area contributed by atoms with Gasteiger partial charge in [0.2, 0.25) is 0 Å². The van der Waals surface area contributed by atoms with E-state index in [1.54, 1.807) is 6.20 Å². The van der Waals surface area contributed by atoms with Crippen molar-refractivity contribution in [3.63, 3.8) is 0 Å². The maximum absolute atomic E-state index is 6.08. The lowest BCUT2D eigenvalue weighted by atomic mass is 10.1.